The molecule has 8 heteroatoms. The molecule has 2 aromatic heterocycles. The minimum Gasteiger partial charge on any atom is -0.369 e. The first kappa shape index (κ1) is 16.0. The van der Waals surface area contributed by atoms with Gasteiger partial charge in [-0.15, -0.1) is 0 Å². The molecular weight excluding hydrogens is 320 g/mol. The summed E-state index contributed by atoms with van der Waals surface area (Å²) in [6, 6.07) is 3.84. The molecule has 1 saturated heterocycles. The van der Waals surface area contributed by atoms with E-state index in [2.05, 4.69) is 20.0 Å². The van der Waals surface area contributed by atoms with Crippen molar-refractivity contribution < 1.29 is 9.53 Å². The molecule has 1 atom stereocenters. The standard InChI is InChI=1S/C17H22N6O2/c24-16(21-8-1-2-9-21)13-25-12-15-11-22(17-18-5-3-6-19-17)10-14-4-7-20-23(14)15/h3-7,15H,1-2,8-13H2. The van der Waals surface area contributed by atoms with Crippen molar-refractivity contribution in [3.8, 4) is 0 Å². The summed E-state index contributed by atoms with van der Waals surface area (Å²) in [5.74, 6) is 0.783. The second kappa shape index (κ2) is 7.18. The second-order valence-electron chi connectivity index (χ2n) is 6.45. The number of aromatic nitrogens is 4. The summed E-state index contributed by atoms with van der Waals surface area (Å²) in [5.41, 5.74) is 1.10. The Morgan fingerprint density at radius 1 is 1.20 bits per heavy atom. The molecule has 2 aliphatic rings. The summed E-state index contributed by atoms with van der Waals surface area (Å²) in [6.07, 6.45) is 7.48. The Morgan fingerprint density at radius 3 is 2.80 bits per heavy atom. The summed E-state index contributed by atoms with van der Waals surface area (Å²) in [6.45, 7) is 3.71. The van der Waals surface area contributed by atoms with Gasteiger partial charge in [-0.05, 0) is 25.0 Å². The number of anilines is 1. The van der Waals surface area contributed by atoms with Crippen molar-refractivity contribution >= 4 is 11.9 Å². The van der Waals surface area contributed by atoms with Crippen molar-refractivity contribution in [2.75, 3.05) is 37.7 Å². The zero-order valence-electron chi connectivity index (χ0n) is 14.1. The van der Waals surface area contributed by atoms with Gasteiger partial charge in [0.15, 0.2) is 0 Å². The Morgan fingerprint density at radius 2 is 2.00 bits per heavy atom. The molecule has 1 fully saturated rings. The molecule has 0 N–H and O–H groups in total. The van der Waals surface area contributed by atoms with E-state index in [-0.39, 0.29) is 18.6 Å². The van der Waals surface area contributed by atoms with Gasteiger partial charge in [0.2, 0.25) is 11.9 Å². The lowest BCUT2D eigenvalue weighted by atomic mass is 10.2. The molecule has 1 unspecified atom stereocenters. The average molecular weight is 342 g/mol. The monoisotopic (exact) mass is 342 g/mol. The third-order valence-corrected chi connectivity index (χ3v) is 4.71. The van der Waals surface area contributed by atoms with E-state index in [0.717, 1.165) is 31.6 Å². The Bertz CT molecular complexity index is 713. The van der Waals surface area contributed by atoms with Crippen LogP contribution in [0.2, 0.25) is 0 Å². The summed E-state index contributed by atoms with van der Waals surface area (Å²) >= 11 is 0. The molecule has 8 nitrogen and oxygen atoms in total. The zero-order chi connectivity index (χ0) is 17.1. The van der Waals surface area contributed by atoms with Crippen LogP contribution in [0.3, 0.4) is 0 Å². The minimum atomic E-state index is 0.0361. The van der Waals surface area contributed by atoms with Gasteiger partial charge >= 0.3 is 0 Å². The zero-order valence-corrected chi connectivity index (χ0v) is 14.1. The van der Waals surface area contributed by atoms with Crippen molar-refractivity contribution in [3.63, 3.8) is 0 Å². The van der Waals surface area contributed by atoms with E-state index in [1.165, 1.54) is 0 Å². The van der Waals surface area contributed by atoms with Crippen molar-refractivity contribution in [3.05, 3.63) is 36.4 Å². The van der Waals surface area contributed by atoms with Crippen LogP contribution in [0.1, 0.15) is 24.6 Å². The largest absolute Gasteiger partial charge is 0.369 e. The van der Waals surface area contributed by atoms with Gasteiger partial charge in [0.1, 0.15) is 6.61 Å². The Labute approximate surface area is 146 Å². The summed E-state index contributed by atoms with van der Waals surface area (Å²) in [7, 11) is 0. The molecule has 0 bridgehead atoms. The molecule has 0 aliphatic carbocycles. The van der Waals surface area contributed by atoms with Gasteiger partial charge in [0.25, 0.3) is 0 Å². The van der Waals surface area contributed by atoms with Gasteiger partial charge in [-0.1, -0.05) is 0 Å². The number of likely N-dealkylation sites (tertiary alicyclic amines) is 1. The van der Waals surface area contributed by atoms with Gasteiger partial charge in [-0.25, -0.2) is 9.97 Å². The van der Waals surface area contributed by atoms with E-state index in [9.17, 15) is 4.79 Å². The van der Waals surface area contributed by atoms with Crippen LogP contribution < -0.4 is 4.90 Å². The highest BCUT2D eigenvalue weighted by Crippen LogP contribution is 2.23. The number of carbonyl (C=O) groups is 1. The SMILES string of the molecule is O=C(COCC1CN(c2ncccn2)Cc2ccnn21)N1CCCC1. The van der Waals surface area contributed by atoms with Crippen LogP contribution in [0, 0.1) is 0 Å². The molecule has 0 radical (unpaired) electrons. The second-order valence-corrected chi connectivity index (χ2v) is 6.45. The highest BCUT2D eigenvalue weighted by Gasteiger charge is 2.27. The molecule has 4 heterocycles. The number of nitrogens with zero attached hydrogens (tertiary/aromatic N) is 6. The predicted molar refractivity (Wildman–Crippen MR) is 91.0 cm³/mol. The molecular formula is C17H22N6O2. The highest BCUT2D eigenvalue weighted by molar-refractivity contribution is 5.77. The van der Waals surface area contributed by atoms with Crippen LogP contribution >= 0.6 is 0 Å². The fourth-order valence-corrected chi connectivity index (χ4v) is 3.46. The normalized spacial score (nSPS) is 19.9. The van der Waals surface area contributed by atoms with Gasteiger partial charge in [-0.2, -0.15) is 5.10 Å². The number of fused-ring (bicyclic) bond motifs is 1. The highest BCUT2D eigenvalue weighted by atomic mass is 16.5. The van der Waals surface area contributed by atoms with Crippen LogP contribution in [0.4, 0.5) is 5.95 Å². The number of hydrogen-bond acceptors (Lipinski definition) is 6. The minimum absolute atomic E-state index is 0.0361. The maximum atomic E-state index is 12.1. The first-order chi connectivity index (χ1) is 12.3. The fraction of sp³-hybridized carbons (Fsp3) is 0.529. The van der Waals surface area contributed by atoms with E-state index in [0.29, 0.717) is 25.6 Å². The summed E-state index contributed by atoms with van der Waals surface area (Å²) < 4.78 is 7.72. The first-order valence-electron chi connectivity index (χ1n) is 8.71. The lowest BCUT2D eigenvalue weighted by molar-refractivity contribution is -0.135. The number of ether oxygens (including phenoxy) is 1. The maximum Gasteiger partial charge on any atom is 0.248 e. The molecule has 0 spiro atoms. The summed E-state index contributed by atoms with van der Waals surface area (Å²) in [5, 5.41) is 4.42. The molecule has 132 valence electrons. The topological polar surface area (TPSA) is 76.4 Å². The van der Waals surface area contributed by atoms with E-state index in [4.69, 9.17) is 4.74 Å². The van der Waals surface area contributed by atoms with Crippen LogP contribution in [0.5, 0.6) is 0 Å². The van der Waals surface area contributed by atoms with Crippen molar-refractivity contribution in [2.45, 2.75) is 25.4 Å². The number of amides is 1. The van der Waals surface area contributed by atoms with Crippen LogP contribution in [-0.2, 0) is 16.1 Å². The van der Waals surface area contributed by atoms with Crippen molar-refractivity contribution in [1.82, 2.24) is 24.6 Å². The van der Waals surface area contributed by atoms with Crippen molar-refractivity contribution in [2.24, 2.45) is 0 Å². The van der Waals surface area contributed by atoms with E-state index < -0.39 is 0 Å². The Kier molecular flexibility index (Phi) is 4.60. The van der Waals surface area contributed by atoms with E-state index >= 15 is 0 Å². The molecule has 25 heavy (non-hydrogen) atoms. The number of rotatable bonds is 5. The predicted octanol–water partition coefficient (Wildman–Crippen LogP) is 0.873. The lowest BCUT2D eigenvalue weighted by Crippen LogP contribution is -2.41. The number of carbonyl (C=O) groups excluding carboxylic acids is 1. The van der Waals surface area contributed by atoms with Gasteiger partial charge in [-0.3, -0.25) is 9.48 Å². The van der Waals surface area contributed by atoms with E-state index in [1.807, 2.05) is 21.7 Å². The molecule has 2 aliphatic heterocycles. The van der Waals surface area contributed by atoms with Crippen LogP contribution in [-0.4, -0.2) is 63.4 Å². The fourth-order valence-electron chi connectivity index (χ4n) is 3.46. The van der Waals surface area contributed by atoms with Gasteiger partial charge in [0, 0.05) is 38.2 Å². The summed E-state index contributed by atoms with van der Waals surface area (Å²) in [4.78, 5) is 24.8. The third-order valence-electron chi connectivity index (χ3n) is 4.71. The lowest BCUT2D eigenvalue weighted by Gasteiger charge is -2.33. The molecule has 1 amide bonds. The molecule has 2 aromatic rings. The average Bonchev–Trinajstić information content (AvgIpc) is 3.34. The molecule has 0 saturated carbocycles. The molecule has 0 aromatic carbocycles. The van der Waals surface area contributed by atoms with Gasteiger partial charge in [0.05, 0.1) is 24.9 Å². The van der Waals surface area contributed by atoms with E-state index in [1.54, 1.807) is 18.6 Å². The van der Waals surface area contributed by atoms with Crippen LogP contribution in [0.15, 0.2) is 30.7 Å². The van der Waals surface area contributed by atoms with Crippen LogP contribution in [0.25, 0.3) is 0 Å². The third kappa shape index (κ3) is 3.48. The smallest absolute Gasteiger partial charge is 0.248 e. The van der Waals surface area contributed by atoms with Gasteiger partial charge < -0.3 is 14.5 Å². The Hall–Kier alpha value is -2.48. The maximum absolute atomic E-state index is 12.1. The Balaban J connectivity index is 1.39. The number of hydrogen-bond donors (Lipinski definition) is 0. The quantitative estimate of drug-likeness (QED) is 0.803. The van der Waals surface area contributed by atoms with Crippen molar-refractivity contribution in [1.29, 1.82) is 0 Å². The molecule has 4 rings (SSSR count). The first-order valence-corrected chi connectivity index (χ1v) is 8.71.